The minimum atomic E-state index is -0.345. The van der Waals surface area contributed by atoms with Crippen LogP contribution in [0.5, 0.6) is 0 Å². The first kappa shape index (κ1) is 19.1. The lowest BCUT2D eigenvalue weighted by molar-refractivity contribution is 0.0711. The molecular weight excluding hydrogens is 387 g/mol. The largest absolute Gasteiger partial charge is 0.467 e. The number of amides is 1. The number of aryl methyl sites for hydroxylation is 1. The molecule has 2 aromatic heterocycles. The zero-order chi connectivity index (χ0) is 20.2. The van der Waals surface area contributed by atoms with E-state index in [1.165, 1.54) is 17.4 Å². The van der Waals surface area contributed by atoms with E-state index >= 15 is 0 Å². The van der Waals surface area contributed by atoms with E-state index in [4.69, 9.17) is 4.42 Å². The summed E-state index contributed by atoms with van der Waals surface area (Å²) in [4.78, 5) is 20.4. The molecule has 0 N–H and O–H groups in total. The average Bonchev–Trinajstić information content (AvgIpc) is 3.39. The lowest BCUT2D eigenvalue weighted by atomic mass is 10.1. The Kier molecular flexibility index (Phi) is 5.53. The summed E-state index contributed by atoms with van der Waals surface area (Å²) in [5, 5.41) is 0.802. The Morgan fingerprint density at radius 2 is 1.79 bits per heavy atom. The Morgan fingerprint density at radius 3 is 2.52 bits per heavy atom. The Balaban J connectivity index is 1.71. The standard InChI is InChI=1S/C23H19FN2O2S/c1-16-25-21(22(29-16)17-8-3-2-4-9-17)23(27)26(15-19-11-7-13-28-19)14-18-10-5-6-12-20(18)24/h2-13H,14-15H2,1H3. The van der Waals surface area contributed by atoms with Gasteiger partial charge in [0.25, 0.3) is 5.91 Å². The number of aromatic nitrogens is 1. The van der Waals surface area contributed by atoms with E-state index in [9.17, 15) is 9.18 Å². The minimum absolute atomic E-state index is 0.122. The molecule has 0 spiro atoms. The molecule has 0 bridgehead atoms. The van der Waals surface area contributed by atoms with Crippen LogP contribution in [0.1, 0.15) is 26.8 Å². The second-order valence-corrected chi connectivity index (χ2v) is 7.81. The molecule has 0 aliphatic heterocycles. The van der Waals surface area contributed by atoms with E-state index < -0.39 is 0 Å². The van der Waals surface area contributed by atoms with Crippen molar-refractivity contribution < 1.29 is 13.6 Å². The molecule has 1 amide bonds. The van der Waals surface area contributed by atoms with E-state index in [1.54, 1.807) is 41.5 Å². The molecule has 4 nitrogen and oxygen atoms in total. The van der Waals surface area contributed by atoms with E-state index in [0.29, 0.717) is 17.0 Å². The van der Waals surface area contributed by atoms with E-state index in [2.05, 4.69) is 4.98 Å². The van der Waals surface area contributed by atoms with Crippen molar-refractivity contribution in [2.45, 2.75) is 20.0 Å². The predicted molar refractivity (Wildman–Crippen MR) is 111 cm³/mol. The molecule has 2 aromatic carbocycles. The smallest absolute Gasteiger partial charge is 0.274 e. The maximum Gasteiger partial charge on any atom is 0.274 e. The third kappa shape index (κ3) is 4.27. The topological polar surface area (TPSA) is 46.3 Å². The van der Waals surface area contributed by atoms with Crippen LogP contribution in [0.4, 0.5) is 4.39 Å². The van der Waals surface area contributed by atoms with Crippen LogP contribution in [0.25, 0.3) is 10.4 Å². The highest BCUT2D eigenvalue weighted by molar-refractivity contribution is 7.15. The molecule has 0 radical (unpaired) electrons. The maximum atomic E-state index is 14.3. The van der Waals surface area contributed by atoms with Crippen LogP contribution in [-0.4, -0.2) is 15.8 Å². The van der Waals surface area contributed by atoms with Crippen molar-refractivity contribution in [3.05, 3.63) is 101 Å². The lowest BCUT2D eigenvalue weighted by Crippen LogP contribution is -2.31. The summed E-state index contributed by atoms with van der Waals surface area (Å²) >= 11 is 1.47. The fourth-order valence-corrected chi connectivity index (χ4v) is 4.05. The SMILES string of the molecule is Cc1nc(C(=O)N(Cc2ccco2)Cc2ccccc2F)c(-c2ccccc2)s1. The van der Waals surface area contributed by atoms with Crippen LogP contribution in [0.3, 0.4) is 0 Å². The maximum absolute atomic E-state index is 14.3. The van der Waals surface area contributed by atoms with Gasteiger partial charge in [-0.25, -0.2) is 9.37 Å². The third-order valence-electron chi connectivity index (χ3n) is 4.51. The zero-order valence-electron chi connectivity index (χ0n) is 15.8. The Labute approximate surface area is 172 Å². The zero-order valence-corrected chi connectivity index (χ0v) is 16.7. The monoisotopic (exact) mass is 406 g/mol. The molecule has 0 atom stereocenters. The number of nitrogens with zero attached hydrogens (tertiary/aromatic N) is 2. The average molecular weight is 406 g/mol. The molecule has 0 unspecified atom stereocenters. The summed E-state index contributed by atoms with van der Waals surface area (Å²) in [6, 6.07) is 19.7. The number of thiazole rings is 1. The van der Waals surface area contributed by atoms with Crippen molar-refractivity contribution in [3.8, 4) is 10.4 Å². The number of rotatable bonds is 6. The van der Waals surface area contributed by atoms with Gasteiger partial charge in [0.15, 0.2) is 0 Å². The van der Waals surface area contributed by atoms with Gasteiger partial charge in [-0.05, 0) is 30.7 Å². The highest BCUT2D eigenvalue weighted by atomic mass is 32.1. The fourth-order valence-electron chi connectivity index (χ4n) is 3.13. The van der Waals surface area contributed by atoms with Gasteiger partial charge >= 0.3 is 0 Å². The van der Waals surface area contributed by atoms with Gasteiger partial charge in [-0.15, -0.1) is 11.3 Å². The molecular formula is C23H19FN2O2S. The molecule has 0 saturated carbocycles. The molecule has 146 valence electrons. The summed E-state index contributed by atoms with van der Waals surface area (Å²) in [5.41, 5.74) is 1.76. The van der Waals surface area contributed by atoms with E-state index in [0.717, 1.165) is 15.4 Å². The second kappa shape index (κ2) is 8.41. The molecule has 4 aromatic rings. The number of halogens is 1. The number of carbonyl (C=O) groups is 1. The van der Waals surface area contributed by atoms with Crippen molar-refractivity contribution in [2.75, 3.05) is 0 Å². The van der Waals surface area contributed by atoms with E-state index in [1.807, 2.05) is 37.3 Å². The van der Waals surface area contributed by atoms with Crippen molar-refractivity contribution in [1.29, 1.82) is 0 Å². The van der Waals surface area contributed by atoms with Gasteiger partial charge in [-0.3, -0.25) is 4.79 Å². The molecule has 29 heavy (non-hydrogen) atoms. The van der Waals surface area contributed by atoms with Gasteiger partial charge in [-0.2, -0.15) is 0 Å². The molecule has 0 saturated heterocycles. The molecule has 2 heterocycles. The van der Waals surface area contributed by atoms with Gasteiger partial charge in [-0.1, -0.05) is 48.5 Å². The number of hydrogen-bond acceptors (Lipinski definition) is 4. The molecule has 0 aliphatic carbocycles. The van der Waals surface area contributed by atoms with Crippen molar-refractivity contribution >= 4 is 17.2 Å². The summed E-state index contributed by atoms with van der Waals surface area (Å²) in [6.45, 7) is 2.23. The lowest BCUT2D eigenvalue weighted by Gasteiger charge is -2.22. The van der Waals surface area contributed by atoms with Crippen LogP contribution < -0.4 is 0 Å². The molecule has 0 fully saturated rings. The first-order valence-corrected chi connectivity index (χ1v) is 10.0. The van der Waals surface area contributed by atoms with Crippen molar-refractivity contribution in [3.63, 3.8) is 0 Å². The van der Waals surface area contributed by atoms with Crippen molar-refractivity contribution in [2.24, 2.45) is 0 Å². The predicted octanol–water partition coefficient (Wildman–Crippen LogP) is 5.69. The highest BCUT2D eigenvalue weighted by Crippen LogP contribution is 2.31. The number of hydrogen-bond donors (Lipinski definition) is 0. The van der Waals surface area contributed by atoms with E-state index in [-0.39, 0.29) is 24.8 Å². The van der Waals surface area contributed by atoms with Gasteiger partial charge in [0.2, 0.25) is 0 Å². The van der Waals surface area contributed by atoms with Crippen LogP contribution in [0.15, 0.2) is 77.4 Å². The Morgan fingerprint density at radius 1 is 1.03 bits per heavy atom. The Bertz CT molecular complexity index is 1110. The summed E-state index contributed by atoms with van der Waals surface area (Å²) < 4.78 is 19.7. The van der Waals surface area contributed by atoms with Crippen LogP contribution in [0, 0.1) is 12.7 Å². The molecule has 6 heteroatoms. The summed E-state index contributed by atoms with van der Waals surface area (Å²) in [5.74, 6) is 0.0262. The number of carbonyl (C=O) groups excluding carboxylic acids is 1. The summed E-state index contributed by atoms with van der Waals surface area (Å²) in [7, 11) is 0. The number of benzene rings is 2. The number of furan rings is 1. The first-order valence-electron chi connectivity index (χ1n) is 9.19. The van der Waals surface area contributed by atoms with Gasteiger partial charge < -0.3 is 9.32 Å². The van der Waals surface area contributed by atoms with Gasteiger partial charge in [0.1, 0.15) is 17.3 Å². The Hall–Kier alpha value is -3.25. The van der Waals surface area contributed by atoms with Crippen LogP contribution in [0.2, 0.25) is 0 Å². The van der Waals surface area contributed by atoms with Crippen LogP contribution in [-0.2, 0) is 13.1 Å². The van der Waals surface area contributed by atoms with Crippen molar-refractivity contribution in [1.82, 2.24) is 9.88 Å². The highest BCUT2D eigenvalue weighted by Gasteiger charge is 2.25. The minimum Gasteiger partial charge on any atom is -0.467 e. The quantitative estimate of drug-likeness (QED) is 0.413. The van der Waals surface area contributed by atoms with Crippen LogP contribution >= 0.6 is 11.3 Å². The van der Waals surface area contributed by atoms with Gasteiger partial charge in [0, 0.05) is 12.1 Å². The first-order chi connectivity index (χ1) is 14.1. The normalized spacial score (nSPS) is 10.8. The third-order valence-corrected chi connectivity index (χ3v) is 5.53. The molecule has 0 aliphatic rings. The fraction of sp³-hybridized carbons (Fsp3) is 0.130. The van der Waals surface area contributed by atoms with Gasteiger partial charge in [0.05, 0.1) is 22.7 Å². The summed E-state index contributed by atoms with van der Waals surface area (Å²) in [6.07, 6.45) is 1.56. The molecule has 4 rings (SSSR count). The second-order valence-electron chi connectivity index (χ2n) is 6.61.